The fourth-order valence-corrected chi connectivity index (χ4v) is 2.81. The van der Waals surface area contributed by atoms with Crippen LogP contribution in [0.4, 0.5) is 0 Å². The number of halogens is 1. The van der Waals surface area contributed by atoms with Crippen molar-refractivity contribution in [2.24, 2.45) is 5.73 Å². The Morgan fingerprint density at radius 2 is 1.92 bits per heavy atom. The first-order chi connectivity index (χ1) is 12.1. The molecule has 0 amide bonds. The third-order valence-corrected chi connectivity index (χ3v) is 4.47. The number of aromatic amines is 1. The number of aromatic nitrogens is 3. The minimum Gasteiger partial charge on any atom is -0.493 e. The first kappa shape index (κ1) is 17.7. The SMILES string of the molecule is CCOc1ccc(C(N)c2nc(-c3ccc(I)cc3)n[nH]2)cc1OC. The quantitative estimate of drug-likeness (QED) is 0.562. The third kappa shape index (κ3) is 3.93. The zero-order chi connectivity index (χ0) is 17.8. The lowest BCUT2D eigenvalue weighted by molar-refractivity contribution is 0.310. The molecule has 0 aliphatic carbocycles. The number of hydrogen-bond acceptors (Lipinski definition) is 5. The smallest absolute Gasteiger partial charge is 0.181 e. The second-order valence-electron chi connectivity index (χ2n) is 5.37. The van der Waals surface area contributed by atoms with Gasteiger partial charge in [0.05, 0.1) is 19.8 Å². The van der Waals surface area contributed by atoms with Crippen LogP contribution in [0.2, 0.25) is 0 Å². The Morgan fingerprint density at radius 3 is 2.60 bits per heavy atom. The molecule has 3 aromatic rings. The van der Waals surface area contributed by atoms with Crippen LogP contribution >= 0.6 is 22.6 Å². The van der Waals surface area contributed by atoms with Crippen molar-refractivity contribution >= 4 is 22.6 Å². The van der Waals surface area contributed by atoms with E-state index < -0.39 is 6.04 Å². The lowest BCUT2D eigenvalue weighted by Gasteiger charge is -2.13. The van der Waals surface area contributed by atoms with Crippen molar-refractivity contribution < 1.29 is 9.47 Å². The molecule has 0 saturated heterocycles. The number of nitrogens with two attached hydrogens (primary N) is 1. The summed E-state index contributed by atoms with van der Waals surface area (Å²) in [6.45, 7) is 2.50. The number of methoxy groups -OCH3 is 1. The van der Waals surface area contributed by atoms with Crippen LogP contribution in [-0.2, 0) is 0 Å². The van der Waals surface area contributed by atoms with Crippen LogP contribution in [-0.4, -0.2) is 28.9 Å². The van der Waals surface area contributed by atoms with E-state index >= 15 is 0 Å². The second kappa shape index (κ2) is 7.83. The molecule has 0 aliphatic heterocycles. The lowest BCUT2D eigenvalue weighted by Crippen LogP contribution is -2.14. The number of benzene rings is 2. The molecule has 130 valence electrons. The summed E-state index contributed by atoms with van der Waals surface area (Å²) >= 11 is 2.26. The normalized spacial score (nSPS) is 12.0. The average molecular weight is 450 g/mol. The van der Waals surface area contributed by atoms with E-state index in [1.54, 1.807) is 7.11 Å². The lowest BCUT2D eigenvalue weighted by atomic mass is 10.1. The van der Waals surface area contributed by atoms with Gasteiger partial charge in [0, 0.05) is 9.13 Å². The summed E-state index contributed by atoms with van der Waals surface area (Å²) < 4.78 is 12.1. The van der Waals surface area contributed by atoms with Crippen molar-refractivity contribution in [1.82, 2.24) is 15.2 Å². The predicted octanol–water partition coefficient (Wildman–Crippen LogP) is 3.53. The van der Waals surface area contributed by atoms with Gasteiger partial charge in [0.15, 0.2) is 17.3 Å². The second-order valence-corrected chi connectivity index (χ2v) is 6.62. The first-order valence-corrected chi connectivity index (χ1v) is 8.94. The molecule has 1 heterocycles. The molecular weight excluding hydrogens is 431 g/mol. The van der Waals surface area contributed by atoms with Gasteiger partial charge in [0.2, 0.25) is 0 Å². The largest absolute Gasteiger partial charge is 0.493 e. The summed E-state index contributed by atoms with van der Waals surface area (Å²) in [5.74, 6) is 2.56. The molecule has 0 radical (unpaired) electrons. The van der Waals surface area contributed by atoms with Crippen molar-refractivity contribution in [3.63, 3.8) is 0 Å². The van der Waals surface area contributed by atoms with Crippen molar-refractivity contribution in [2.75, 3.05) is 13.7 Å². The van der Waals surface area contributed by atoms with Gasteiger partial charge >= 0.3 is 0 Å². The number of nitrogens with zero attached hydrogens (tertiary/aromatic N) is 2. The number of ether oxygens (including phenoxy) is 2. The molecule has 6 nitrogen and oxygen atoms in total. The number of hydrogen-bond donors (Lipinski definition) is 2. The number of nitrogens with one attached hydrogen (secondary N) is 1. The summed E-state index contributed by atoms with van der Waals surface area (Å²) in [7, 11) is 1.61. The minimum absolute atomic E-state index is 0.435. The highest BCUT2D eigenvalue weighted by Crippen LogP contribution is 2.31. The van der Waals surface area contributed by atoms with E-state index in [0.29, 0.717) is 29.8 Å². The summed E-state index contributed by atoms with van der Waals surface area (Å²) in [6.07, 6.45) is 0. The molecule has 0 spiro atoms. The molecule has 1 aromatic heterocycles. The Morgan fingerprint density at radius 1 is 1.16 bits per heavy atom. The highest BCUT2D eigenvalue weighted by atomic mass is 127. The van der Waals surface area contributed by atoms with Crippen molar-refractivity contribution in [2.45, 2.75) is 13.0 Å². The Balaban J connectivity index is 1.86. The predicted molar refractivity (Wildman–Crippen MR) is 105 cm³/mol. The van der Waals surface area contributed by atoms with E-state index in [-0.39, 0.29) is 0 Å². The van der Waals surface area contributed by atoms with Crippen LogP contribution in [0.3, 0.4) is 0 Å². The third-order valence-electron chi connectivity index (χ3n) is 3.75. The summed E-state index contributed by atoms with van der Waals surface area (Å²) in [4.78, 5) is 4.53. The van der Waals surface area contributed by atoms with Gasteiger partial charge in [-0.1, -0.05) is 18.2 Å². The van der Waals surface area contributed by atoms with E-state index in [0.717, 1.165) is 14.7 Å². The fraction of sp³-hybridized carbons (Fsp3) is 0.222. The van der Waals surface area contributed by atoms with E-state index in [1.165, 1.54) is 0 Å². The Hall–Kier alpha value is -2.13. The minimum atomic E-state index is -0.435. The van der Waals surface area contributed by atoms with Crippen molar-refractivity contribution in [3.05, 3.63) is 57.4 Å². The standard InChI is InChI=1S/C18H19IN4O2/c1-3-25-14-9-6-12(10-15(14)24-2)16(20)18-21-17(22-23-18)11-4-7-13(19)8-5-11/h4-10,16H,3,20H2,1-2H3,(H,21,22,23). The number of H-pyrrole nitrogens is 1. The van der Waals surface area contributed by atoms with Crippen LogP contribution < -0.4 is 15.2 Å². The number of rotatable bonds is 6. The van der Waals surface area contributed by atoms with E-state index in [1.807, 2.05) is 49.4 Å². The van der Waals surface area contributed by atoms with Gasteiger partial charge in [0.25, 0.3) is 0 Å². The molecule has 3 rings (SSSR count). The molecule has 3 N–H and O–H groups in total. The van der Waals surface area contributed by atoms with Crippen molar-refractivity contribution in [3.8, 4) is 22.9 Å². The summed E-state index contributed by atoms with van der Waals surface area (Å²) in [6, 6.07) is 13.2. The average Bonchev–Trinajstić information content (AvgIpc) is 3.12. The van der Waals surface area contributed by atoms with E-state index in [9.17, 15) is 0 Å². The molecule has 25 heavy (non-hydrogen) atoms. The Labute approximate surface area is 159 Å². The summed E-state index contributed by atoms with van der Waals surface area (Å²) in [5, 5.41) is 7.21. The highest BCUT2D eigenvalue weighted by Gasteiger charge is 2.17. The van der Waals surface area contributed by atoms with Gasteiger partial charge < -0.3 is 15.2 Å². The van der Waals surface area contributed by atoms with Crippen LogP contribution in [0.25, 0.3) is 11.4 Å². The van der Waals surface area contributed by atoms with Crippen LogP contribution in [0, 0.1) is 3.57 Å². The summed E-state index contributed by atoms with van der Waals surface area (Å²) in [5.41, 5.74) is 8.16. The topological polar surface area (TPSA) is 86.0 Å². The highest BCUT2D eigenvalue weighted by molar-refractivity contribution is 14.1. The maximum absolute atomic E-state index is 6.35. The van der Waals surface area contributed by atoms with Gasteiger partial charge in [-0.05, 0) is 59.3 Å². The van der Waals surface area contributed by atoms with Crippen LogP contribution in [0.1, 0.15) is 24.4 Å². The zero-order valence-corrected chi connectivity index (χ0v) is 16.1. The molecular formula is C18H19IN4O2. The van der Waals surface area contributed by atoms with Gasteiger partial charge in [0.1, 0.15) is 5.82 Å². The molecule has 0 saturated carbocycles. The molecule has 0 bridgehead atoms. The van der Waals surface area contributed by atoms with Crippen molar-refractivity contribution in [1.29, 1.82) is 0 Å². The maximum atomic E-state index is 6.35. The fourth-order valence-electron chi connectivity index (χ4n) is 2.45. The van der Waals surface area contributed by atoms with Gasteiger partial charge in [-0.25, -0.2) is 4.98 Å². The van der Waals surface area contributed by atoms with Gasteiger partial charge in [-0.2, -0.15) is 5.10 Å². The molecule has 1 atom stereocenters. The molecule has 2 aromatic carbocycles. The van der Waals surface area contributed by atoms with Gasteiger partial charge in [-0.3, -0.25) is 5.10 Å². The first-order valence-electron chi connectivity index (χ1n) is 7.87. The monoisotopic (exact) mass is 450 g/mol. The maximum Gasteiger partial charge on any atom is 0.181 e. The molecule has 0 fully saturated rings. The molecule has 0 aliphatic rings. The Bertz CT molecular complexity index is 849. The van der Waals surface area contributed by atoms with Crippen LogP contribution in [0.5, 0.6) is 11.5 Å². The Kier molecular flexibility index (Phi) is 5.54. The molecule has 7 heteroatoms. The van der Waals surface area contributed by atoms with E-state index in [4.69, 9.17) is 15.2 Å². The molecule has 1 unspecified atom stereocenters. The van der Waals surface area contributed by atoms with Crippen LogP contribution in [0.15, 0.2) is 42.5 Å². The van der Waals surface area contributed by atoms with Gasteiger partial charge in [-0.15, -0.1) is 0 Å². The van der Waals surface area contributed by atoms with E-state index in [2.05, 4.69) is 37.8 Å². The zero-order valence-electron chi connectivity index (χ0n) is 14.0.